The van der Waals surface area contributed by atoms with Crippen LogP contribution in [0.2, 0.25) is 0 Å². The maximum Gasteiger partial charge on any atom is 0.213 e. The number of hydrogen-bond donors (Lipinski definition) is 0. The van der Waals surface area contributed by atoms with E-state index in [0.29, 0.717) is 0 Å². The van der Waals surface area contributed by atoms with Crippen molar-refractivity contribution < 1.29 is 33.9 Å². The van der Waals surface area contributed by atoms with Gasteiger partial charge in [-0.15, -0.1) is 0 Å². The number of allylic oxidation sites excluding steroid dienone is 3. The molecule has 3 aromatic rings. The quantitative estimate of drug-likeness (QED) is 0.330. The number of para-hydroxylation sites is 2. The number of rotatable bonds is 6. The van der Waals surface area contributed by atoms with Gasteiger partial charge in [-0.05, 0) is 29.3 Å². The van der Waals surface area contributed by atoms with Gasteiger partial charge in [0.15, 0.2) is 12.7 Å². The van der Waals surface area contributed by atoms with E-state index in [1.807, 2.05) is 0 Å². The van der Waals surface area contributed by atoms with Crippen molar-refractivity contribution in [1.29, 1.82) is 0 Å². The Kier molecular flexibility index (Phi) is 8.98. The Morgan fingerprint density at radius 3 is 2.32 bits per heavy atom. The van der Waals surface area contributed by atoms with Crippen molar-refractivity contribution >= 4 is 22.7 Å². The lowest BCUT2D eigenvalue weighted by atomic mass is 9.84. The average molecular weight is 499 g/mol. The van der Waals surface area contributed by atoms with Crippen LogP contribution in [0.1, 0.15) is 31.4 Å². The molecule has 0 radical (unpaired) electrons. The van der Waals surface area contributed by atoms with Crippen LogP contribution in [-0.4, -0.2) is 39.2 Å². The summed E-state index contributed by atoms with van der Waals surface area (Å²) >= 11 is 0. The molecular weight excluding hydrogens is 461 g/mol. The molecule has 0 bridgehead atoms. The number of benzene rings is 2. The third-order valence-corrected chi connectivity index (χ3v) is 6.66. The topological polar surface area (TPSA) is 7.12 Å². The normalized spacial score (nSPS) is 15.9. The Morgan fingerprint density at radius 2 is 1.62 bits per heavy atom. The summed E-state index contributed by atoms with van der Waals surface area (Å²) in [4.78, 5) is 2.32. The molecule has 1 aromatic heterocycles. The average Bonchev–Trinajstić information content (AvgIpc) is 2.95. The first-order valence-electron chi connectivity index (χ1n) is 11.6. The van der Waals surface area contributed by atoms with E-state index in [0.717, 1.165) is 11.0 Å². The molecule has 0 spiro atoms. The highest BCUT2D eigenvalue weighted by Crippen LogP contribution is 2.46. The molecule has 34 heavy (non-hydrogen) atoms. The summed E-state index contributed by atoms with van der Waals surface area (Å²) in [6, 6.07) is 19.7. The van der Waals surface area contributed by atoms with Crippen molar-refractivity contribution in [2.45, 2.75) is 32.2 Å². The van der Waals surface area contributed by atoms with E-state index >= 15 is 0 Å². The maximum atomic E-state index is 2.39. The zero-order valence-corrected chi connectivity index (χ0v) is 22.7. The molecule has 0 unspecified atom stereocenters. The Morgan fingerprint density at radius 1 is 0.941 bits per heavy atom. The van der Waals surface area contributed by atoms with Crippen LogP contribution in [-0.2, 0) is 12.0 Å². The van der Waals surface area contributed by atoms with Crippen LogP contribution in [0.3, 0.4) is 0 Å². The highest BCUT2D eigenvalue weighted by Gasteiger charge is 2.37. The fraction of sp³-hybridized carbons (Fsp3) is 0.345. The van der Waals surface area contributed by atoms with E-state index < -0.39 is 0 Å². The minimum absolute atomic E-state index is 0. The van der Waals surface area contributed by atoms with E-state index in [4.69, 9.17) is 0 Å². The summed E-state index contributed by atoms with van der Waals surface area (Å²) in [6.45, 7) is 6.84. The van der Waals surface area contributed by atoms with Gasteiger partial charge in [0.25, 0.3) is 0 Å². The summed E-state index contributed by atoms with van der Waals surface area (Å²) in [7, 11) is 8.94. The second kappa shape index (κ2) is 10.9. The number of anilines is 1. The molecule has 0 N–H and O–H groups in total. The summed E-state index contributed by atoms with van der Waals surface area (Å²) in [6.07, 6.45) is 10.1. The Balaban J connectivity index is 0.00000204. The van der Waals surface area contributed by atoms with E-state index in [1.165, 1.54) is 46.4 Å². The van der Waals surface area contributed by atoms with Crippen molar-refractivity contribution in [2.24, 2.45) is 0 Å². The van der Waals surface area contributed by atoms with Crippen LogP contribution in [0.15, 0.2) is 78.6 Å². The summed E-state index contributed by atoms with van der Waals surface area (Å²) in [5, 5.41) is 1.30. The van der Waals surface area contributed by atoms with Gasteiger partial charge in [0, 0.05) is 36.0 Å². The minimum atomic E-state index is 0. The second-order valence-corrected chi connectivity index (χ2v) is 10.5. The van der Waals surface area contributed by atoms with Crippen LogP contribution in [0.4, 0.5) is 5.69 Å². The molecule has 0 saturated carbocycles. The van der Waals surface area contributed by atoms with Crippen molar-refractivity contribution in [1.82, 2.24) is 0 Å². The van der Waals surface area contributed by atoms with E-state index in [-0.39, 0.29) is 30.2 Å². The number of hydrogen-bond acceptors (Lipinski definition) is 1. The largest absolute Gasteiger partial charge is 1.00 e. The highest BCUT2D eigenvalue weighted by atomic mass is 35.5. The first kappa shape index (κ1) is 27.9. The maximum absolute atomic E-state index is 2.39. The van der Waals surface area contributed by atoms with Gasteiger partial charge in [0.1, 0.15) is 0 Å². The van der Waals surface area contributed by atoms with Gasteiger partial charge in [0.2, 0.25) is 5.52 Å². The summed E-state index contributed by atoms with van der Waals surface area (Å²) < 4.78 is 3.40. The van der Waals surface area contributed by atoms with Gasteiger partial charge < -0.3 is 34.2 Å². The number of aryl methyl sites for hydroxylation is 1. The fourth-order valence-electron chi connectivity index (χ4n) is 4.91. The molecule has 0 amide bonds. The molecule has 2 heterocycles. The molecule has 0 saturated heterocycles. The molecule has 2 aromatic carbocycles. The molecule has 1 aliphatic heterocycles. The molecule has 0 atom stereocenters. The molecule has 5 heteroatoms. The van der Waals surface area contributed by atoms with E-state index in [9.17, 15) is 0 Å². The highest BCUT2D eigenvalue weighted by molar-refractivity contribution is 5.85. The predicted octanol–water partition coefficient (Wildman–Crippen LogP) is -0.444. The molecular formula is C29H37Cl2N3. The minimum Gasteiger partial charge on any atom is -1.00 e. The van der Waals surface area contributed by atoms with Gasteiger partial charge >= 0.3 is 0 Å². The number of pyridine rings is 1. The van der Waals surface area contributed by atoms with Crippen molar-refractivity contribution in [3.05, 3.63) is 89.8 Å². The standard InChI is InChI=1S/C29H37N3.2ClH/c1-29(2)25-15-8-10-17-27(25)30(3)28(29)18-11-13-23-19-21-31(20-12-22-32(4,5)6)26-16-9-7-14-24(23)26;;/h7-11,13-19,21H,12,20,22H2,1-6H3;2*1H/q+2;;/p-2. The Labute approximate surface area is 217 Å². The second-order valence-electron chi connectivity index (χ2n) is 10.5. The number of quaternary nitrogens is 1. The third-order valence-electron chi connectivity index (χ3n) is 6.66. The number of nitrogens with zero attached hydrogens (tertiary/aromatic N) is 3. The van der Waals surface area contributed by atoms with Gasteiger partial charge in [-0.1, -0.05) is 56.3 Å². The summed E-state index contributed by atoms with van der Waals surface area (Å²) in [5.41, 5.74) is 6.58. The zero-order valence-electron chi connectivity index (χ0n) is 21.2. The molecule has 182 valence electrons. The molecule has 4 rings (SSSR count). The number of likely N-dealkylation sites (N-methyl/N-ethyl adjacent to an activating group) is 1. The first-order chi connectivity index (χ1) is 15.2. The van der Waals surface area contributed by atoms with Crippen molar-refractivity contribution in [3.63, 3.8) is 0 Å². The molecule has 0 fully saturated rings. The number of halogens is 2. The fourth-order valence-corrected chi connectivity index (χ4v) is 4.91. The SMILES string of the molecule is CN1/C(=C/C=C/c2cc[n+](CCC[N+](C)(C)C)c3ccccc23)C(C)(C)c2ccccc21.[Cl-].[Cl-]. The van der Waals surface area contributed by atoms with Gasteiger partial charge in [-0.25, -0.2) is 0 Å². The molecule has 3 nitrogen and oxygen atoms in total. The van der Waals surface area contributed by atoms with E-state index in [1.54, 1.807) is 0 Å². The Hall–Kier alpha value is -2.33. The van der Waals surface area contributed by atoms with Crippen molar-refractivity contribution in [2.75, 3.05) is 39.6 Å². The van der Waals surface area contributed by atoms with Crippen LogP contribution < -0.4 is 34.3 Å². The monoisotopic (exact) mass is 497 g/mol. The zero-order chi connectivity index (χ0) is 22.9. The molecule has 0 aliphatic carbocycles. The van der Waals surface area contributed by atoms with Crippen LogP contribution in [0, 0.1) is 0 Å². The van der Waals surface area contributed by atoms with Crippen LogP contribution in [0.5, 0.6) is 0 Å². The smallest absolute Gasteiger partial charge is 0.213 e. The Bertz CT molecular complexity index is 1190. The summed E-state index contributed by atoms with van der Waals surface area (Å²) in [5.74, 6) is 0. The third kappa shape index (κ3) is 5.66. The lowest BCUT2D eigenvalue weighted by Crippen LogP contribution is -3.00. The lowest BCUT2D eigenvalue weighted by Gasteiger charge is -2.23. The first-order valence-corrected chi connectivity index (χ1v) is 11.6. The number of aromatic nitrogens is 1. The van der Waals surface area contributed by atoms with Crippen LogP contribution >= 0.6 is 0 Å². The van der Waals surface area contributed by atoms with Gasteiger partial charge in [-0.3, -0.25) is 0 Å². The predicted molar refractivity (Wildman–Crippen MR) is 137 cm³/mol. The van der Waals surface area contributed by atoms with Crippen molar-refractivity contribution in [3.8, 4) is 0 Å². The van der Waals surface area contributed by atoms with Gasteiger partial charge in [-0.2, -0.15) is 4.57 Å². The number of fused-ring (bicyclic) bond motifs is 2. The van der Waals surface area contributed by atoms with E-state index in [2.05, 4.69) is 131 Å². The molecule has 1 aliphatic rings. The van der Waals surface area contributed by atoms with Gasteiger partial charge in [0.05, 0.1) is 39.5 Å². The van der Waals surface area contributed by atoms with Crippen LogP contribution in [0.25, 0.3) is 17.0 Å². The lowest BCUT2D eigenvalue weighted by molar-refractivity contribution is -0.873.